The first-order valence-corrected chi connectivity index (χ1v) is 10.7. The first-order chi connectivity index (χ1) is 15.0. The Balaban J connectivity index is 1.54. The van der Waals surface area contributed by atoms with Crippen LogP contribution in [0.2, 0.25) is 5.02 Å². The molecule has 162 valence electrons. The van der Waals surface area contributed by atoms with Crippen molar-refractivity contribution in [3.63, 3.8) is 0 Å². The fraction of sp³-hybridized carbons (Fsp3) is 0.364. The van der Waals surface area contributed by atoms with Crippen LogP contribution in [0.5, 0.6) is 0 Å². The zero-order valence-electron chi connectivity index (χ0n) is 17.3. The lowest BCUT2D eigenvalue weighted by atomic mass is 9.95. The topological polar surface area (TPSA) is 96.4 Å². The number of nitrogens with zero attached hydrogens (tertiary/aromatic N) is 3. The summed E-state index contributed by atoms with van der Waals surface area (Å²) in [7, 11) is 1.52. The van der Waals surface area contributed by atoms with Crippen LogP contribution in [-0.4, -0.2) is 48.4 Å². The number of rotatable bonds is 6. The number of ether oxygens (including phenoxy) is 1. The van der Waals surface area contributed by atoms with E-state index in [0.717, 1.165) is 42.7 Å². The maximum Gasteiger partial charge on any atom is 0.257 e. The van der Waals surface area contributed by atoms with E-state index in [1.807, 2.05) is 18.2 Å². The number of fused-ring (bicyclic) bond motifs is 1. The van der Waals surface area contributed by atoms with Crippen molar-refractivity contribution in [3.05, 3.63) is 46.3 Å². The molecular formula is C22H24ClN5O3. The van der Waals surface area contributed by atoms with E-state index in [1.54, 1.807) is 12.3 Å². The van der Waals surface area contributed by atoms with Gasteiger partial charge in [0.25, 0.3) is 5.91 Å². The van der Waals surface area contributed by atoms with E-state index in [0.29, 0.717) is 16.8 Å². The van der Waals surface area contributed by atoms with Gasteiger partial charge < -0.3 is 20.3 Å². The predicted octanol–water partition coefficient (Wildman–Crippen LogP) is 3.09. The van der Waals surface area contributed by atoms with E-state index >= 15 is 0 Å². The summed E-state index contributed by atoms with van der Waals surface area (Å²) in [4.78, 5) is 34.9. The minimum atomic E-state index is -0.294. The highest BCUT2D eigenvalue weighted by atomic mass is 35.5. The van der Waals surface area contributed by atoms with Gasteiger partial charge in [-0.25, -0.2) is 4.98 Å². The van der Waals surface area contributed by atoms with E-state index < -0.39 is 0 Å². The molecule has 0 radical (unpaired) electrons. The average molecular weight is 442 g/mol. The van der Waals surface area contributed by atoms with Gasteiger partial charge in [-0.2, -0.15) is 4.98 Å². The van der Waals surface area contributed by atoms with Crippen molar-refractivity contribution in [3.8, 4) is 0 Å². The van der Waals surface area contributed by atoms with E-state index in [1.165, 1.54) is 13.5 Å². The number of carbonyl (C=O) groups excluding carboxylic acids is 2. The molecule has 8 nitrogen and oxygen atoms in total. The van der Waals surface area contributed by atoms with Crippen LogP contribution in [0, 0.1) is 0 Å². The summed E-state index contributed by atoms with van der Waals surface area (Å²) in [6.07, 6.45) is 7.00. The Hall–Kier alpha value is -3.13. The number of benzene rings is 1. The minimum Gasteiger partial charge on any atom is -0.480 e. The molecule has 0 spiro atoms. The molecule has 2 aromatic rings. The number of aromatic nitrogens is 2. The van der Waals surface area contributed by atoms with Gasteiger partial charge in [-0.3, -0.25) is 9.59 Å². The molecule has 1 aliphatic heterocycles. The number of carbonyl (C=O) groups is 2. The zero-order chi connectivity index (χ0) is 21.8. The van der Waals surface area contributed by atoms with Gasteiger partial charge in [0.15, 0.2) is 18.2 Å². The molecule has 0 atom stereocenters. The molecule has 2 N–H and O–H groups in total. The van der Waals surface area contributed by atoms with Crippen LogP contribution in [0.25, 0.3) is 6.08 Å². The average Bonchev–Trinajstić information content (AvgIpc) is 2.79. The summed E-state index contributed by atoms with van der Waals surface area (Å²) in [6.45, 7) is 1.69. The first kappa shape index (κ1) is 21.1. The van der Waals surface area contributed by atoms with Crippen molar-refractivity contribution in [2.75, 3.05) is 37.0 Å². The molecule has 2 aliphatic rings. The number of likely N-dealkylation sites (N-methyl/N-ethyl adjacent to an activating group) is 1. The van der Waals surface area contributed by atoms with Crippen LogP contribution in [0.1, 0.15) is 30.4 Å². The third-order valence-corrected chi connectivity index (χ3v) is 5.61. The molecule has 1 aromatic carbocycles. The normalized spacial score (nSPS) is 15.7. The monoisotopic (exact) mass is 441 g/mol. The standard InChI is InChI=1S/C22H24ClN5O3/c1-24-20(30)13-31-19-11-15-9-16(6-5-14(15)10-18(19)29)26-21-17(23)12-25-22(27-21)28-7-3-2-4-8-28/h5-6,9,11-12H,2-4,7-8,10,13H2,1H3,(H,24,30)(H,25,26,27). The number of piperidine rings is 1. The zero-order valence-corrected chi connectivity index (χ0v) is 18.0. The van der Waals surface area contributed by atoms with E-state index in [9.17, 15) is 9.59 Å². The van der Waals surface area contributed by atoms with E-state index in [-0.39, 0.29) is 30.5 Å². The lowest BCUT2D eigenvalue weighted by Crippen LogP contribution is -2.31. The highest BCUT2D eigenvalue weighted by Gasteiger charge is 2.21. The second-order valence-electron chi connectivity index (χ2n) is 7.52. The molecule has 2 heterocycles. The molecule has 0 unspecified atom stereocenters. The minimum absolute atomic E-state index is 0.151. The van der Waals surface area contributed by atoms with Crippen LogP contribution >= 0.6 is 11.6 Å². The highest BCUT2D eigenvalue weighted by Crippen LogP contribution is 2.29. The molecule has 0 saturated carbocycles. The summed E-state index contributed by atoms with van der Waals surface area (Å²) in [6, 6.07) is 5.68. The Morgan fingerprint density at radius 2 is 2.06 bits per heavy atom. The van der Waals surface area contributed by atoms with Crippen molar-refractivity contribution >= 4 is 46.8 Å². The summed E-state index contributed by atoms with van der Waals surface area (Å²) in [5.74, 6) is 0.935. The van der Waals surface area contributed by atoms with Gasteiger partial charge in [-0.05, 0) is 48.6 Å². The van der Waals surface area contributed by atoms with Crippen molar-refractivity contribution in [2.24, 2.45) is 0 Å². The molecule has 4 rings (SSSR count). The maximum absolute atomic E-state index is 12.3. The number of nitrogens with one attached hydrogen (secondary N) is 2. The summed E-state index contributed by atoms with van der Waals surface area (Å²) < 4.78 is 5.40. The highest BCUT2D eigenvalue weighted by molar-refractivity contribution is 6.32. The van der Waals surface area contributed by atoms with Crippen LogP contribution in [0.4, 0.5) is 17.5 Å². The number of Topliss-reactive ketones (excluding diaryl/α,β-unsaturated/α-hetero) is 1. The quantitative estimate of drug-likeness (QED) is 0.710. The SMILES string of the molecule is CNC(=O)COC1=Cc2cc(Nc3nc(N4CCCCC4)ncc3Cl)ccc2CC1=O. The lowest BCUT2D eigenvalue weighted by Gasteiger charge is -2.27. The molecule has 31 heavy (non-hydrogen) atoms. The third-order valence-electron chi connectivity index (χ3n) is 5.33. The maximum atomic E-state index is 12.3. The van der Waals surface area contributed by atoms with Gasteiger partial charge in [0.1, 0.15) is 5.02 Å². The fourth-order valence-corrected chi connectivity index (χ4v) is 3.75. The van der Waals surface area contributed by atoms with Gasteiger partial charge in [-0.15, -0.1) is 0 Å². The Labute approximate surface area is 185 Å². The molecule has 1 aromatic heterocycles. The van der Waals surface area contributed by atoms with Crippen LogP contribution < -0.4 is 15.5 Å². The van der Waals surface area contributed by atoms with Crippen molar-refractivity contribution < 1.29 is 14.3 Å². The number of amides is 1. The largest absolute Gasteiger partial charge is 0.480 e. The van der Waals surface area contributed by atoms with Crippen molar-refractivity contribution in [2.45, 2.75) is 25.7 Å². The second kappa shape index (κ2) is 9.34. The smallest absolute Gasteiger partial charge is 0.257 e. The molecule has 1 aliphatic carbocycles. The fourth-order valence-electron chi connectivity index (χ4n) is 3.62. The third kappa shape index (κ3) is 4.96. The summed E-state index contributed by atoms with van der Waals surface area (Å²) >= 11 is 6.33. The lowest BCUT2D eigenvalue weighted by molar-refractivity contribution is -0.125. The molecule has 1 saturated heterocycles. The number of hydrogen-bond acceptors (Lipinski definition) is 7. The molecule has 1 amide bonds. The molecule has 0 bridgehead atoms. The van der Waals surface area contributed by atoms with Crippen LogP contribution in [-0.2, 0) is 20.7 Å². The number of allylic oxidation sites excluding steroid dienone is 1. The van der Waals surface area contributed by atoms with E-state index in [4.69, 9.17) is 16.3 Å². The van der Waals surface area contributed by atoms with Crippen LogP contribution in [0.3, 0.4) is 0 Å². The van der Waals surface area contributed by atoms with Crippen molar-refractivity contribution in [1.29, 1.82) is 0 Å². The van der Waals surface area contributed by atoms with Gasteiger partial charge >= 0.3 is 0 Å². The van der Waals surface area contributed by atoms with Gasteiger partial charge in [0.05, 0.1) is 6.20 Å². The van der Waals surface area contributed by atoms with Gasteiger partial charge in [0, 0.05) is 32.2 Å². The number of hydrogen-bond donors (Lipinski definition) is 2. The Morgan fingerprint density at radius 3 is 2.84 bits per heavy atom. The number of halogens is 1. The summed E-state index contributed by atoms with van der Waals surface area (Å²) in [5, 5.41) is 6.16. The van der Waals surface area contributed by atoms with Gasteiger partial charge in [0.2, 0.25) is 11.7 Å². The summed E-state index contributed by atoms with van der Waals surface area (Å²) in [5.41, 5.74) is 2.52. The Kier molecular flexibility index (Phi) is 6.36. The van der Waals surface area contributed by atoms with Crippen molar-refractivity contribution in [1.82, 2.24) is 15.3 Å². The predicted molar refractivity (Wildman–Crippen MR) is 120 cm³/mol. The van der Waals surface area contributed by atoms with Gasteiger partial charge in [-0.1, -0.05) is 17.7 Å². The Morgan fingerprint density at radius 1 is 1.26 bits per heavy atom. The van der Waals surface area contributed by atoms with E-state index in [2.05, 4.69) is 25.5 Å². The first-order valence-electron chi connectivity index (χ1n) is 10.3. The number of anilines is 3. The number of ketones is 1. The molecule has 1 fully saturated rings. The Bertz CT molecular complexity index is 1030. The van der Waals surface area contributed by atoms with Crippen LogP contribution in [0.15, 0.2) is 30.2 Å². The molecule has 9 heteroatoms. The molecular weight excluding hydrogens is 418 g/mol. The second-order valence-corrected chi connectivity index (χ2v) is 7.93.